The van der Waals surface area contributed by atoms with Crippen LogP contribution in [0.15, 0.2) is 40.8 Å². The fourth-order valence-corrected chi connectivity index (χ4v) is 3.14. The number of rotatable bonds is 6. The number of halogens is 1. The molecule has 1 aromatic carbocycles. The second-order valence-electron chi connectivity index (χ2n) is 6.44. The Hall–Kier alpha value is -1.82. The van der Waals surface area contributed by atoms with Crippen molar-refractivity contribution >= 4 is 17.5 Å². The van der Waals surface area contributed by atoms with Gasteiger partial charge in [-0.1, -0.05) is 29.8 Å². The minimum atomic E-state index is -0.184. The van der Waals surface area contributed by atoms with Gasteiger partial charge in [-0.3, -0.25) is 9.69 Å². The Kier molecular flexibility index (Phi) is 6.13. The molecule has 3 rings (SSSR count). The number of likely N-dealkylation sites (N-methyl/N-ethyl adjacent to an activating group) is 1. The van der Waals surface area contributed by atoms with Crippen LogP contribution in [0.25, 0.3) is 0 Å². The van der Waals surface area contributed by atoms with Crippen LogP contribution < -0.4 is 5.32 Å². The van der Waals surface area contributed by atoms with Gasteiger partial charge in [0.2, 0.25) is 0 Å². The van der Waals surface area contributed by atoms with Gasteiger partial charge in [-0.2, -0.15) is 0 Å². The third kappa shape index (κ3) is 5.08. The zero-order valence-electron chi connectivity index (χ0n) is 14.5. The Morgan fingerprint density at radius 3 is 2.68 bits per heavy atom. The highest BCUT2D eigenvalue weighted by Gasteiger charge is 2.17. The van der Waals surface area contributed by atoms with E-state index in [2.05, 4.69) is 22.2 Å². The highest BCUT2D eigenvalue weighted by Crippen LogP contribution is 2.15. The molecule has 25 heavy (non-hydrogen) atoms. The third-order valence-corrected chi connectivity index (χ3v) is 4.87. The second-order valence-corrected chi connectivity index (χ2v) is 6.85. The van der Waals surface area contributed by atoms with E-state index in [0.29, 0.717) is 18.7 Å². The molecule has 1 N–H and O–H groups in total. The minimum Gasteiger partial charge on any atom is -0.455 e. The number of benzene rings is 1. The summed E-state index contributed by atoms with van der Waals surface area (Å²) in [6.07, 6.45) is 0.695. The third-order valence-electron chi connectivity index (χ3n) is 4.50. The van der Waals surface area contributed by atoms with E-state index in [0.717, 1.165) is 49.1 Å². The first kappa shape index (κ1) is 18.0. The van der Waals surface area contributed by atoms with Gasteiger partial charge in [0.05, 0.1) is 6.54 Å². The standard InChI is InChI=1S/C19H24ClN3O2/c1-22-10-12-23(13-11-22)14-16-6-7-18(25-16)19(24)21-9-8-15-4-2-3-5-17(15)20/h2-7H,8-14H2,1H3,(H,21,24). The van der Waals surface area contributed by atoms with Gasteiger partial charge < -0.3 is 14.6 Å². The zero-order chi connectivity index (χ0) is 17.6. The SMILES string of the molecule is CN1CCN(Cc2ccc(C(=O)NCCc3ccccc3Cl)o2)CC1. The molecule has 134 valence electrons. The maximum atomic E-state index is 12.2. The van der Waals surface area contributed by atoms with Crippen molar-refractivity contribution in [1.82, 2.24) is 15.1 Å². The lowest BCUT2D eigenvalue weighted by Gasteiger charge is -2.31. The molecule has 5 nitrogen and oxygen atoms in total. The number of carbonyl (C=O) groups excluding carboxylic acids is 1. The fraction of sp³-hybridized carbons (Fsp3) is 0.421. The summed E-state index contributed by atoms with van der Waals surface area (Å²) in [5, 5.41) is 3.61. The van der Waals surface area contributed by atoms with Gasteiger partial charge in [0.1, 0.15) is 5.76 Å². The molecule has 1 aliphatic heterocycles. The van der Waals surface area contributed by atoms with Gasteiger partial charge in [0, 0.05) is 37.7 Å². The maximum Gasteiger partial charge on any atom is 0.287 e. The number of hydrogen-bond acceptors (Lipinski definition) is 4. The van der Waals surface area contributed by atoms with Crippen molar-refractivity contribution in [1.29, 1.82) is 0 Å². The van der Waals surface area contributed by atoms with Crippen LogP contribution >= 0.6 is 11.6 Å². The molecule has 1 fully saturated rings. The molecule has 1 aliphatic rings. The summed E-state index contributed by atoms with van der Waals surface area (Å²) in [6.45, 7) is 5.46. The van der Waals surface area contributed by atoms with Crippen molar-refractivity contribution in [3.8, 4) is 0 Å². The van der Waals surface area contributed by atoms with Crippen molar-refractivity contribution in [3.63, 3.8) is 0 Å². The van der Waals surface area contributed by atoms with Crippen LogP contribution in [0.3, 0.4) is 0 Å². The predicted octanol–water partition coefficient (Wildman–Crippen LogP) is 2.65. The van der Waals surface area contributed by atoms with Crippen LogP contribution in [0, 0.1) is 0 Å². The van der Waals surface area contributed by atoms with Gasteiger partial charge >= 0.3 is 0 Å². The number of piperazine rings is 1. The summed E-state index contributed by atoms with van der Waals surface area (Å²) in [7, 11) is 2.13. The minimum absolute atomic E-state index is 0.184. The summed E-state index contributed by atoms with van der Waals surface area (Å²) in [5.41, 5.74) is 1.03. The van der Waals surface area contributed by atoms with Crippen molar-refractivity contribution in [2.75, 3.05) is 39.8 Å². The molecule has 0 radical (unpaired) electrons. The first-order valence-corrected chi connectivity index (χ1v) is 9.01. The Morgan fingerprint density at radius 2 is 1.92 bits per heavy atom. The van der Waals surface area contributed by atoms with E-state index in [1.807, 2.05) is 30.3 Å². The molecule has 1 aromatic heterocycles. The van der Waals surface area contributed by atoms with E-state index in [-0.39, 0.29) is 5.91 Å². The van der Waals surface area contributed by atoms with Gasteiger partial charge in [-0.25, -0.2) is 0 Å². The first-order valence-electron chi connectivity index (χ1n) is 8.63. The average Bonchev–Trinajstić information content (AvgIpc) is 3.07. The Morgan fingerprint density at radius 1 is 1.16 bits per heavy atom. The number of carbonyl (C=O) groups is 1. The molecule has 6 heteroatoms. The van der Waals surface area contributed by atoms with E-state index in [1.54, 1.807) is 6.07 Å². The zero-order valence-corrected chi connectivity index (χ0v) is 15.3. The molecule has 0 aliphatic carbocycles. The smallest absolute Gasteiger partial charge is 0.287 e. The quantitative estimate of drug-likeness (QED) is 0.859. The lowest BCUT2D eigenvalue weighted by Crippen LogP contribution is -2.43. The van der Waals surface area contributed by atoms with Crippen LogP contribution in [-0.4, -0.2) is 55.5 Å². The lowest BCUT2D eigenvalue weighted by atomic mass is 10.1. The summed E-state index contributed by atoms with van der Waals surface area (Å²) in [6, 6.07) is 11.3. The fourth-order valence-electron chi connectivity index (χ4n) is 2.91. The molecule has 1 amide bonds. The number of furan rings is 1. The van der Waals surface area contributed by atoms with E-state index < -0.39 is 0 Å². The predicted molar refractivity (Wildman–Crippen MR) is 99.0 cm³/mol. The molecular weight excluding hydrogens is 338 g/mol. The molecule has 0 spiro atoms. The van der Waals surface area contributed by atoms with E-state index >= 15 is 0 Å². The van der Waals surface area contributed by atoms with Crippen molar-refractivity contribution < 1.29 is 9.21 Å². The Labute approximate surface area is 153 Å². The molecule has 0 bridgehead atoms. The van der Waals surface area contributed by atoms with Crippen molar-refractivity contribution in [2.45, 2.75) is 13.0 Å². The second kappa shape index (κ2) is 8.52. The van der Waals surface area contributed by atoms with Gasteiger partial charge in [0.15, 0.2) is 5.76 Å². The average molecular weight is 362 g/mol. The maximum absolute atomic E-state index is 12.2. The van der Waals surface area contributed by atoms with Crippen molar-refractivity contribution in [3.05, 3.63) is 58.5 Å². The first-order chi connectivity index (χ1) is 12.1. The van der Waals surface area contributed by atoms with Gasteiger partial charge in [-0.15, -0.1) is 0 Å². The number of nitrogens with one attached hydrogen (secondary N) is 1. The molecule has 2 aromatic rings. The number of hydrogen-bond donors (Lipinski definition) is 1. The molecule has 0 atom stereocenters. The summed E-state index contributed by atoms with van der Waals surface area (Å²) >= 11 is 6.12. The van der Waals surface area contributed by atoms with Gasteiger partial charge in [-0.05, 0) is 37.2 Å². The van der Waals surface area contributed by atoms with E-state index in [9.17, 15) is 4.79 Å². The van der Waals surface area contributed by atoms with E-state index in [4.69, 9.17) is 16.0 Å². The largest absolute Gasteiger partial charge is 0.455 e. The van der Waals surface area contributed by atoms with Crippen LogP contribution in [-0.2, 0) is 13.0 Å². The molecular formula is C19H24ClN3O2. The van der Waals surface area contributed by atoms with E-state index in [1.165, 1.54) is 0 Å². The topological polar surface area (TPSA) is 48.7 Å². The number of amides is 1. The summed E-state index contributed by atoms with van der Waals surface area (Å²) in [5.74, 6) is 1.01. The molecule has 0 saturated carbocycles. The summed E-state index contributed by atoms with van der Waals surface area (Å²) < 4.78 is 5.71. The molecule has 0 unspecified atom stereocenters. The Bertz CT molecular complexity index is 708. The summed E-state index contributed by atoms with van der Waals surface area (Å²) in [4.78, 5) is 16.9. The highest BCUT2D eigenvalue weighted by molar-refractivity contribution is 6.31. The monoisotopic (exact) mass is 361 g/mol. The van der Waals surface area contributed by atoms with Crippen LogP contribution in [0.1, 0.15) is 21.9 Å². The Balaban J connectivity index is 1.46. The molecule has 2 heterocycles. The lowest BCUT2D eigenvalue weighted by molar-refractivity contribution is 0.0919. The molecule has 1 saturated heterocycles. The normalized spacial score (nSPS) is 16.1. The van der Waals surface area contributed by atoms with Crippen LogP contribution in [0.4, 0.5) is 0 Å². The van der Waals surface area contributed by atoms with Crippen molar-refractivity contribution in [2.24, 2.45) is 0 Å². The van der Waals surface area contributed by atoms with Crippen LogP contribution in [0.5, 0.6) is 0 Å². The number of nitrogens with zero attached hydrogens (tertiary/aromatic N) is 2. The van der Waals surface area contributed by atoms with Gasteiger partial charge in [0.25, 0.3) is 5.91 Å². The van der Waals surface area contributed by atoms with Crippen LogP contribution in [0.2, 0.25) is 5.02 Å². The highest BCUT2D eigenvalue weighted by atomic mass is 35.5.